The van der Waals surface area contributed by atoms with Gasteiger partial charge in [-0.2, -0.15) is 0 Å². The summed E-state index contributed by atoms with van der Waals surface area (Å²) in [7, 11) is 2.19. The molecule has 18 heavy (non-hydrogen) atoms. The van der Waals surface area contributed by atoms with E-state index in [9.17, 15) is 5.11 Å². The minimum atomic E-state index is -0.0215. The molecular formula is C16H31NO. The highest BCUT2D eigenvalue weighted by atomic mass is 16.3. The van der Waals surface area contributed by atoms with Gasteiger partial charge in [-0.1, -0.05) is 13.8 Å². The SMILES string of the molecule is CC(C)C1CCC(C(O)C2CCN(C)CC2)CC1. The smallest absolute Gasteiger partial charge is 0.0597 e. The zero-order chi connectivity index (χ0) is 13.1. The molecule has 1 aliphatic heterocycles. The highest BCUT2D eigenvalue weighted by molar-refractivity contribution is 4.84. The number of aliphatic hydroxyl groups excluding tert-OH is 1. The quantitative estimate of drug-likeness (QED) is 0.835. The Morgan fingerprint density at radius 3 is 1.78 bits per heavy atom. The Kier molecular flexibility index (Phi) is 5.08. The summed E-state index contributed by atoms with van der Waals surface area (Å²) in [5.74, 6) is 2.90. The monoisotopic (exact) mass is 253 g/mol. The molecule has 2 rings (SSSR count). The molecule has 0 aromatic rings. The molecule has 0 aromatic heterocycles. The van der Waals surface area contributed by atoms with Crippen LogP contribution in [0.2, 0.25) is 0 Å². The number of rotatable bonds is 3. The number of likely N-dealkylation sites (tertiary alicyclic amines) is 1. The Morgan fingerprint density at radius 1 is 0.833 bits per heavy atom. The predicted molar refractivity (Wildman–Crippen MR) is 76.5 cm³/mol. The molecule has 2 aliphatic rings. The summed E-state index contributed by atoms with van der Waals surface area (Å²) >= 11 is 0. The number of aliphatic hydroxyl groups is 1. The average molecular weight is 253 g/mol. The summed E-state index contributed by atoms with van der Waals surface area (Å²) in [5.41, 5.74) is 0. The van der Waals surface area contributed by atoms with E-state index in [-0.39, 0.29) is 6.10 Å². The molecule has 0 spiro atoms. The molecule has 0 aromatic carbocycles. The van der Waals surface area contributed by atoms with Crippen LogP contribution in [0, 0.1) is 23.7 Å². The first-order chi connectivity index (χ1) is 8.58. The van der Waals surface area contributed by atoms with Crippen LogP contribution in [0.3, 0.4) is 0 Å². The van der Waals surface area contributed by atoms with Crippen LogP contribution in [0.15, 0.2) is 0 Å². The molecule has 0 radical (unpaired) electrons. The second kappa shape index (κ2) is 6.38. The van der Waals surface area contributed by atoms with E-state index >= 15 is 0 Å². The van der Waals surface area contributed by atoms with Crippen molar-refractivity contribution in [2.45, 2.75) is 58.5 Å². The van der Waals surface area contributed by atoms with Gasteiger partial charge < -0.3 is 10.0 Å². The van der Waals surface area contributed by atoms with Gasteiger partial charge in [-0.25, -0.2) is 0 Å². The molecule has 1 saturated carbocycles. The number of hydrogen-bond donors (Lipinski definition) is 1. The van der Waals surface area contributed by atoms with E-state index in [1.165, 1.54) is 51.6 Å². The van der Waals surface area contributed by atoms with Crippen molar-refractivity contribution >= 4 is 0 Å². The maximum absolute atomic E-state index is 10.6. The van der Waals surface area contributed by atoms with E-state index in [0.29, 0.717) is 11.8 Å². The summed E-state index contributed by atoms with van der Waals surface area (Å²) < 4.78 is 0. The van der Waals surface area contributed by atoms with Crippen LogP contribution < -0.4 is 0 Å². The second-order valence-corrected chi connectivity index (χ2v) is 7.05. The topological polar surface area (TPSA) is 23.5 Å². The van der Waals surface area contributed by atoms with Gasteiger partial charge in [0.2, 0.25) is 0 Å². The van der Waals surface area contributed by atoms with Crippen molar-refractivity contribution in [3.05, 3.63) is 0 Å². The molecule has 1 aliphatic carbocycles. The Balaban J connectivity index is 1.78. The van der Waals surface area contributed by atoms with Crippen LogP contribution in [0.4, 0.5) is 0 Å². The van der Waals surface area contributed by atoms with Crippen LogP contribution in [0.5, 0.6) is 0 Å². The largest absolute Gasteiger partial charge is 0.393 e. The lowest BCUT2D eigenvalue weighted by atomic mass is 9.72. The van der Waals surface area contributed by atoms with E-state index < -0.39 is 0 Å². The summed E-state index contributed by atoms with van der Waals surface area (Å²) in [6.07, 6.45) is 7.57. The van der Waals surface area contributed by atoms with Gasteiger partial charge in [-0.3, -0.25) is 0 Å². The van der Waals surface area contributed by atoms with Crippen molar-refractivity contribution in [3.8, 4) is 0 Å². The van der Waals surface area contributed by atoms with E-state index in [0.717, 1.165) is 11.8 Å². The van der Waals surface area contributed by atoms with Gasteiger partial charge in [0.05, 0.1) is 6.10 Å². The fraction of sp³-hybridized carbons (Fsp3) is 1.00. The second-order valence-electron chi connectivity index (χ2n) is 7.05. The van der Waals surface area contributed by atoms with Gasteiger partial charge >= 0.3 is 0 Å². The third kappa shape index (κ3) is 3.48. The minimum Gasteiger partial charge on any atom is -0.393 e. The molecule has 2 nitrogen and oxygen atoms in total. The minimum absolute atomic E-state index is 0.0215. The maximum atomic E-state index is 10.6. The summed E-state index contributed by atoms with van der Waals surface area (Å²) in [6, 6.07) is 0. The fourth-order valence-corrected chi connectivity index (χ4v) is 3.91. The standard InChI is InChI=1S/C16H31NO/c1-12(2)13-4-6-14(7-5-13)16(18)15-8-10-17(3)11-9-15/h12-16,18H,4-11H2,1-3H3. The van der Waals surface area contributed by atoms with Crippen LogP contribution >= 0.6 is 0 Å². The van der Waals surface area contributed by atoms with E-state index in [2.05, 4.69) is 25.8 Å². The normalized spacial score (nSPS) is 33.8. The summed E-state index contributed by atoms with van der Waals surface area (Å²) in [4.78, 5) is 2.39. The van der Waals surface area contributed by atoms with Gasteiger partial charge in [-0.15, -0.1) is 0 Å². The zero-order valence-electron chi connectivity index (χ0n) is 12.4. The van der Waals surface area contributed by atoms with Crippen molar-refractivity contribution in [1.29, 1.82) is 0 Å². The molecule has 1 saturated heterocycles. The molecule has 1 N–H and O–H groups in total. The van der Waals surface area contributed by atoms with Crippen molar-refractivity contribution in [2.75, 3.05) is 20.1 Å². The molecule has 0 bridgehead atoms. The number of piperidine rings is 1. The first-order valence-corrected chi connectivity index (χ1v) is 7.94. The van der Waals surface area contributed by atoms with Gasteiger partial charge in [0.1, 0.15) is 0 Å². The molecule has 1 heterocycles. The molecule has 0 amide bonds. The van der Waals surface area contributed by atoms with Crippen molar-refractivity contribution in [3.63, 3.8) is 0 Å². The van der Waals surface area contributed by atoms with Crippen molar-refractivity contribution in [1.82, 2.24) is 4.90 Å². The lowest BCUT2D eigenvalue weighted by molar-refractivity contribution is 0.000436. The van der Waals surface area contributed by atoms with Crippen molar-refractivity contribution < 1.29 is 5.11 Å². The Bertz CT molecular complexity index is 237. The number of hydrogen-bond acceptors (Lipinski definition) is 2. The van der Waals surface area contributed by atoms with Gasteiger partial charge in [-0.05, 0) is 82.3 Å². The first kappa shape index (κ1) is 14.3. The highest BCUT2D eigenvalue weighted by Gasteiger charge is 2.33. The molecule has 1 unspecified atom stereocenters. The third-order valence-corrected chi connectivity index (χ3v) is 5.49. The van der Waals surface area contributed by atoms with Gasteiger partial charge in [0, 0.05) is 0 Å². The molecule has 2 heteroatoms. The molecule has 106 valence electrons. The van der Waals surface area contributed by atoms with Crippen LogP contribution in [-0.4, -0.2) is 36.2 Å². The van der Waals surface area contributed by atoms with Crippen LogP contribution in [0.25, 0.3) is 0 Å². The highest BCUT2D eigenvalue weighted by Crippen LogP contribution is 2.37. The maximum Gasteiger partial charge on any atom is 0.0597 e. The van der Waals surface area contributed by atoms with Gasteiger partial charge in [0.15, 0.2) is 0 Å². The van der Waals surface area contributed by atoms with E-state index in [4.69, 9.17) is 0 Å². The summed E-state index contributed by atoms with van der Waals surface area (Å²) in [6.45, 7) is 7.03. The molecular weight excluding hydrogens is 222 g/mol. The lowest BCUT2D eigenvalue weighted by Crippen LogP contribution is -2.39. The predicted octanol–water partition coefficient (Wildman–Crippen LogP) is 3.15. The zero-order valence-corrected chi connectivity index (χ0v) is 12.4. The third-order valence-electron chi connectivity index (χ3n) is 5.49. The molecule has 1 atom stereocenters. The first-order valence-electron chi connectivity index (χ1n) is 7.94. The Hall–Kier alpha value is -0.0800. The van der Waals surface area contributed by atoms with Crippen LogP contribution in [-0.2, 0) is 0 Å². The lowest BCUT2D eigenvalue weighted by Gasteiger charge is -2.39. The summed E-state index contributed by atoms with van der Waals surface area (Å²) in [5, 5.41) is 10.6. The van der Waals surface area contributed by atoms with E-state index in [1.54, 1.807) is 0 Å². The average Bonchev–Trinajstić information content (AvgIpc) is 2.39. The number of nitrogens with zero attached hydrogens (tertiary/aromatic N) is 1. The van der Waals surface area contributed by atoms with Gasteiger partial charge in [0.25, 0.3) is 0 Å². The van der Waals surface area contributed by atoms with Crippen LogP contribution in [0.1, 0.15) is 52.4 Å². The van der Waals surface area contributed by atoms with Crippen molar-refractivity contribution in [2.24, 2.45) is 23.7 Å². The van der Waals surface area contributed by atoms with E-state index in [1.807, 2.05) is 0 Å². The Labute approximate surface area is 113 Å². The molecule has 2 fully saturated rings. The fourth-order valence-electron chi connectivity index (χ4n) is 3.91. The Morgan fingerprint density at radius 2 is 1.28 bits per heavy atom.